The first kappa shape index (κ1) is 18.2. The quantitative estimate of drug-likeness (QED) is 0.453. The van der Waals surface area contributed by atoms with E-state index in [1.165, 1.54) is 3.97 Å². The van der Waals surface area contributed by atoms with Crippen molar-refractivity contribution in [1.82, 2.24) is 3.97 Å². The van der Waals surface area contributed by atoms with Crippen molar-refractivity contribution in [3.8, 4) is 0 Å². The summed E-state index contributed by atoms with van der Waals surface area (Å²) in [5.74, 6) is -0.212. The number of fused-ring (bicyclic) bond motifs is 1. The van der Waals surface area contributed by atoms with Crippen LogP contribution in [0.1, 0.15) is 23.5 Å². The Hall–Kier alpha value is -3.18. The molecule has 1 atom stereocenters. The number of hydrogen-bond donors (Lipinski definition) is 0. The van der Waals surface area contributed by atoms with E-state index in [1.807, 2.05) is 48.5 Å². The van der Waals surface area contributed by atoms with Crippen LogP contribution in [0.2, 0.25) is 0 Å². The van der Waals surface area contributed by atoms with Crippen LogP contribution in [-0.4, -0.2) is 18.7 Å². The number of hydrogen-bond acceptors (Lipinski definition) is 3. The fourth-order valence-electron chi connectivity index (χ4n) is 3.58. The first-order valence-electron chi connectivity index (χ1n) is 9.02. The van der Waals surface area contributed by atoms with Gasteiger partial charge in [-0.1, -0.05) is 66.7 Å². The number of aldehydes is 1. The lowest BCUT2D eigenvalue weighted by atomic mass is 9.89. The normalized spacial score (nSPS) is 12.7. The van der Waals surface area contributed by atoms with Gasteiger partial charge in [0.15, 0.2) is 0 Å². The average molecular weight is 389 g/mol. The number of aromatic nitrogens is 1. The maximum atomic E-state index is 13.3. The number of carbonyl (C=O) groups excluding carboxylic acids is 1. The first-order valence-corrected chi connectivity index (χ1v) is 10.5. The van der Waals surface area contributed by atoms with E-state index in [1.54, 1.807) is 42.6 Å². The Morgan fingerprint density at radius 1 is 0.821 bits per heavy atom. The molecule has 0 fully saturated rings. The van der Waals surface area contributed by atoms with Gasteiger partial charge in [0.1, 0.15) is 6.29 Å². The van der Waals surface area contributed by atoms with Gasteiger partial charge in [-0.3, -0.25) is 0 Å². The molecule has 28 heavy (non-hydrogen) atoms. The van der Waals surface area contributed by atoms with Gasteiger partial charge in [-0.15, -0.1) is 0 Å². The first-order chi connectivity index (χ1) is 13.6. The molecule has 0 spiro atoms. The van der Waals surface area contributed by atoms with Gasteiger partial charge in [-0.2, -0.15) is 0 Å². The highest BCUT2D eigenvalue weighted by Crippen LogP contribution is 2.35. The molecule has 0 N–H and O–H groups in total. The predicted molar refractivity (Wildman–Crippen MR) is 110 cm³/mol. The summed E-state index contributed by atoms with van der Waals surface area (Å²) in [5, 5.41) is 0.831. The summed E-state index contributed by atoms with van der Waals surface area (Å²) in [5.41, 5.74) is 2.41. The van der Waals surface area contributed by atoms with Crippen LogP contribution in [0.15, 0.2) is 96.0 Å². The molecule has 0 unspecified atom stereocenters. The molecule has 0 radical (unpaired) electrons. The molecule has 0 aliphatic heterocycles. The van der Waals surface area contributed by atoms with Gasteiger partial charge in [0, 0.05) is 23.9 Å². The SMILES string of the molecule is O=CC[C@@H](c1ccccc1)c1cn(S(=O)(=O)c2ccccc2)c2ccccc12. The lowest BCUT2D eigenvalue weighted by molar-refractivity contribution is -0.108. The summed E-state index contributed by atoms with van der Waals surface area (Å²) in [6.07, 6.45) is 2.83. The van der Waals surface area contributed by atoms with Crippen LogP contribution >= 0.6 is 0 Å². The molecule has 140 valence electrons. The Bertz CT molecular complexity index is 1210. The van der Waals surface area contributed by atoms with Crippen molar-refractivity contribution in [3.05, 3.63) is 102 Å². The smallest absolute Gasteiger partial charge is 0.268 e. The van der Waals surface area contributed by atoms with Crippen molar-refractivity contribution in [3.63, 3.8) is 0 Å². The van der Waals surface area contributed by atoms with E-state index < -0.39 is 10.0 Å². The number of carbonyl (C=O) groups is 1. The molecule has 0 amide bonds. The van der Waals surface area contributed by atoms with E-state index in [2.05, 4.69) is 0 Å². The lowest BCUT2D eigenvalue weighted by Gasteiger charge is -2.14. The molecular weight excluding hydrogens is 370 g/mol. The zero-order valence-electron chi connectivity index (χ0n) is 15.1. The molecule has 0 saturated heterocycles. The molecule has 0 saturated carbocycles. The third-order valence-corrected chi connectivity index (χ3v) is 6.61. The van der Waals surface area contributed by atoms with Crippen molar-refractivity contribution in [1.29, 1.82) is 0 Å². The molecule has 1 aromatic heterocycles. The van der Waals surface area contributed by atoms with Crippen molar-refractivity contribution in [2.45, 2.75) is 17.2 Å². The fraction of sp³-hybridized carbons (Fsp3) is 0.0870. The highest BCUT2D eigenvalue weighted by molar-refractivity contribution is 7.90. The summed E-state index contributed by atoms with van der Waals surface area (Å²) in [7, 11) is -3.75. The lowest BCUT2D eigenvalue weighted by Crippen LogP contribution is -2.11. The maximum Gasteiger partial charge on any atom is 0.268 e. The van der Waals surface area contributed by atoms with Gasteiger partial charge in [0.05, 0.1) is 10.4 Å². The van der Waals surface area contributed by atoms with Gasteiger partial charge in [-0.25, -0.2) is 12.4 Å². The monoisotopic (exact) mass is 389 g/mol. The molecule has 0 bridgehead atoms. The van der Waals surface area contributed by atoms with E-state index in [-0.39, 0.29) is 17.2 Å². The van der Waals surface area contributed by atoms with Crippen molar-refractivity contribution < 1.29 is 13.2 Å². The Kier molecular flexibility index (Phi) is 4.84. The largest absolute Gasteiger partial charge is 0.303 e. The van der Waals surface area contributed by atoms with Crippen LogP contribution in [-0.2, 0) is 14.8 Å². The van der Waals surface area contributed by atoms with Gasteiger partial charge in [0.25, 0.3) is 10.0 Å². The van der Waals surface area contributed by atoms with Crippen LogP contribution in [0.3, 0.4) is 0 Å². The molecule has 3 aromatic carbocycles. The van der Waals surface area contributed by atoms with E-state index >= 15 is 0 Å². The molecule has 0 aliphatic carbocycles. The minimum atomic E-state index is -3.75. The summed E-state index contributed by atoms with van der Waals surface area (Å²) >= 11 is 0. The Labute approximate surface area is 164 Å². The third kappa shape index (κ3) is 3.14. The van der Waals surface area contributed by atoms with Crippen LogP contribution < -0.4 is 0 Å². The van der Waals surface area contributed by atoms with Crippen LogP contribution in [0, 0.1) is 0 Å². The second kappa shape index (κ2) is 7.44. The molecule has 1 heterocycles. The minimum Gasteiger partial charge on any atom is -0.303 e. The van der Waals surface area contributed by atoms with E-state index in [9.17, 15) is 13.2 Å². The zero-order chi connectivity index (χ0) is 19.6. The molecule has 4 nitrogen and oxygen atoms in total. The summed E-state index contributed by atoms with van der Waals surface area (Å²) in [6.45, 7) is 0. The Morgan fingerprint density at radius 3 is 2.11 bits per heavy atom. The minimum absolute atomic E-state index is 0.212. The topological polar surface area (TPSA) is 56.1 Å². The van der Waals surface area contributed by atoms with Gasteiger partial charge >= 0.3 is 0 Å². The number of rotatable bonds is 6. The molecule has 5 heteroatoms. The second-order valence-corrected chi connectivity index (χ2v) is 8.40. The predicted octanol–water partition coefficient (Wildman–Crippen LogP) is 4.60. The standard InChI is InChI=1S/C23H19NO3S/c25-16-15-20(18-9-3-1-4-10-18)22-17-24(23-14-8-7-13-21(22)23)28(26,27)19-11-5-2-6-12-19/h1-14,16-17,20H,15H2/t20-/m0/s1. The molecule has 0 aliphatic rings. The van der Waals surface area contributed by atoms with E-state index in [0.29, 0.717) is 5.52 Å². The molecule has 4 rings (SSSR count). The van der Waals surface area contributed by atoms with Crippen LogP contribution in [0.25, 0.3) is 10.9 Å². The third-order valence-electron chi connectivity index (χ3n) is 4.92. The van der Waals surface area contributed by atoms with Gasteiger partial charge in [-0.05, 0) is 29.3 Å². The van der Waals surface area contributed by atoms with Crippen LogP contribution in [0.4, 0.5) is 0 Å². The summed E-state index contributed by atoms with van der Waals surface area (Å²) < 4.78 is 27.9. The average Bonchev–Trinajstić information content (AvgIpc) is 3.13. The Morgan fingerprint density at radius 2 is 1.43 bits per heavy atom. The number of para-hydroxylation sites is 1. The highest BCUT2D eigenvalue weighted by Gasteiger charge is 2.25. The Balaban J connectivity index is 1.96. The van der Waals surface area contributed by atoms with Gasteiger partial charge in [0.2, 0.25) is 0 Å². The van der Waals surface area contributed by atoms with Crippen LogP contribution in [0.5, 0.6) is 0 Å². The molecule has 4 aromatic rings. The fourth-order valence-corrected chi connectivity index (χ4v) is 4.98. The second-order valence-electron chi connectivity index (χ2n) is 6.58. The van der Waals surface area contributed by atoms with Crippen molar-refractivity contribution in [2.24, 2.45) is 0 Å². The van der Waals surface area contributed by atoms with Gasteiger partial charge < -0.3 is 4.79 Å². The number of benzene rings is 3. The highest BCUT2D eigenvalue weighted by atomic mass is 32.2. The van der Waals surface area contributed by atoms with E-state index in [0.717, 1.165) is 22.8 Å². The van der Waals surface area contributed by atoms with Crippen molar-refractivity contribution in [2.75, 3.05) is 0 Å². The number of nitrogens with zero attached hydrogens (tertiary/aromatic N) is 1. The molecular formula is C23H19NO3S. The summed E-state index contributed by atoms with van der Waals surface area (Å²) in [6, 6.07) is 25.5. The van der Waals surface area contributed by atoms with E-state index in [4.69, 9.17) is 0 Å². The summed E-state index contributed by atoms with van der Waals surface area (Å²) in [4.78, 5) is 11.6. The van der Waals surface area contributed by atoms with Crippen molar-refractivity contribution >= 4 is 27.2 Å². The maximum absolute atomic E-state index is 13.3. The zero-order valence-corrected chi connectivity index (χ0v) is 15.9.